The predicted octanol–water partition coefficient (Wildman–Crippen LogP) is 1.89. The van der Waals surface area contributed by atoms with E-state index >= 15 is 0 Å². The van der Waals surface area contributed by atoms with Crippen LogP contribution in [0.15, 0.2) is 18.3 Å². The first-order valence-corrected chi connectivity index (χ1v) is 4.26. The summed E-state index contributed by atoms with van der Waals surface area (Å²) in [6.45, 7) is 2.13. The molecule has 1 aromatic heterocycles. The Bertz CT molecular complexity index is 298. The monoisotopic (exact) mass is 163 g/mol. The lowest BCUT2D eigenvalue weighted by atomic mass is 10.00. The largest absolute Gasteiger partial charge is 0.374 e. The highest BCUT2D eigenvalue weighted by Gasteiger charge is 2.34. The molecule has 1 aliphatic carbocycles. The van der Waals surface area contributed by atoms with Gasteiger partial charge in [0.1, 0.15) is 0 Å². The van der Waals surface area contributed by atoms with E-state index in [4.69, 9.17) is 4.74 Å². The summed E-state index contributed by atoms with van der Waals surface area (Å²) in [5, 5.41) is 0. The highest BCUT2D eigenvalue weighted by molar-refractivity contribution is 5.31. The second-order valence-corrected chi connectivity index (χ2v) is 3.43. The van der Waals surface area contributed by atoms with E-state index in [2.05, 4.69) is 18.0 Å². The van der Waals surface area contributed by atoms with Crippen LogP contribution in [0.5, 0.6) is 0 Å². The molecule has 0 saturated heterocycles. The Morgan fingerprint density at radius 1 is 1.58 bits per heavy atom. The molecule has 2 heteroatoms. The number of methoxy groups -OCH3 is 1. The van der Waals surface area contributed by atoms with E-state index in [1.165, 1.54) is 11.3 Å². The van der Waals surface area contributed by atoms with Gasteiger partial charge in [-0.15, -0.1) is 0 Å². The quantitative estimate of drug-likeness (QED) is 0.630. The Morgan fingerprint density at radius 3 is 3.17 bits per heavy atom. The van der Waals surface area contributed by atoms with Crippen molar-refractivity contribution in [2.45, 2.75) is 25.4 Å². The highest BCUT2D eigenvalue weighted by atomic mass is 16.5. The fourth-order valence-electron chi connectivity index (χ4n) is 1.82. The summed E-state index contributed by atoms with van der Waals surface area (Å²) >= 11 is 0. The van der Waals surface area contributed by atoms with Gasteiger partial charge in [-0.1, -0.05) is 6.07 Å². The molecule has 0 amide bonds. The van der Waals surface area contributed by atoms with E-state index in [1.807, 2.05) is 12.3 Å². The van der Waals surface area contributed by atoms with Crippen molar-refractivity contribution in [2.75, 3.05) is 7.11 Å². The molecule has 1 aliphatic rings. The van der Waals surface area contributed by atoms with Gasteiger partial charge in [0.05, 0.1) is 5.60 Å². The van der Waals surface area contributed by atoms with Crippen molar-refractivity contribution in [1.29, 1.82) is 0 Å². The Morgan fingerprint density at radius 2 is 2.42 bits per heavy atom. The minimum absolute atomic E-state index is 0.0937. The van der Waals surface area contributed by atoms with E-state index in [9.17, 15) is 0 Å². The number of fused-ring (bicyclic) bond motifs is 1. The van der Waals surface area contributed by atoms with Crippen LogP contribution >= 0.6 is 0 Å². The van der Waals surface area contributed by atoms with Crippen LogP contribution in [-0.2, 0) is 16.8 Å². The smallest absolute Gasteiger partial charge is 0.0920 e. The van der Waals surface area contributed by atoms with E-state index in [-0.39, 0.29) is 5.60 Å². The maximum absolute atomic E-state index is 5.49. The molecule has 0 fully saturated rings. The lowest BCUT2D eigenvalue weighted by molar-refractivity contribution is 0.00379. The molecule has 1 heterocycles. The molecule has 1 unspecified atom stereocenters. The Hall–Kier alpha value is -0.890. The third-order valence-corrected chi connectivity index (χ3v) is 2.75. The van der Waals surface area contributed by atoms with Crippen LogP contribution in [-0.4, -0.2) is 12.1 Å². The van der Waals surface area contributed by atoms with Gasteiger partial charge < -0.3 is 4.74 Å². The Kier molecular flexibility index (Phi) is 1.65. The molecule has 0 aromatic carbocycles. The van der Waals surface area contributed by atoms with Crippen molar-refractivity contribution in [1.82, 2.24) is 4.98 Å². The average molecular weight is 163 g/mol. The van der Waals surface area contributed by atoms with Crippen LogP contribution in [0.4, 0.5) is 0 Å². The molecule has 1 aromatic rings. The molecular formula is C10H13NO. The van der Waals surface area contributed by atoms with Crippen molar-refractivity contribution >= 4 is 0 Å². The summed E-state index contributed by atoms with van der Waals surface area (Å²) < 4.78 is 5.49. The number of hydrogen-bond donors (Lipinski definition) is 0. The molecule has 1 atom stereocenters. The van der Waals surface area contributed by atoms with Crippen LogP contribution in [0.3, 0.4) is 0 Å². The van der Waals surface area contributed by atoms with Crippen LogP contribution in [0.25, 0.3) is 0 Å². The second-order valence-electron chi connectivity index (χ2n) is 3.43. The molecule has 64 valence electrons. The van der Waals surface area contributed by atoms with E-state index < -0.39 is 0 Å². The van der Waals surface area contributed by atoms with Gasteiger partial charge in [0, 0.05) is 24.6 Å². The number of hydrogen-bond acceptors (Lipinski definition) is 2. The number of pyridine rings is 1. The minimum atomic E-state index is -0.0937. The maximum Gasteiger partial charge on any atom is 0.0920 e. The number of aryl methyl sites for hydroxylation is 1. The summed E-state index contributed by atoms with van der Waals surface area (Å²) in [4.78, 5) is 4.32. The first-order valence-electron chi connectivity index (χ1n) is 4.26. The number of nitrogens with zero attached hydrogens (tertiary/aromatic N) is 1. The topological polar surface area (TPSA) is 22.1 Å². The fraction of sp³-hybridized carbons (Fsp3) is 0.500. The van der Waals surface area contributed by atoms with E-state index in [0.29, 0.717) is 0 Å². The van der Waals surface area contributed by atoms with Gasteiger partial charge in [0.15, 0.2) is 0 Å². The summed E-state index contributed by atoms with van der Waals surface area (Å²) in [6.07, 6.45) is 3.94. The predicted molar refractivity (Wildman–Crippen MR) is 46.9 cm³/mol. The van der Waals surface area contributed by atoms with Crippen LogP contribution in [0.1, 0.15) is 24.6 Å². The van der Waals surface area contributed by atoms with Crippen molar-refractivity contribution < 1.29 is 4.74 Å². The van der Waals surface area contributed by atoms with Gasteiger partial charge in [-0.3, -0.25) is 4.98 Å². The normalized spacial score (nSPS) is 27.2. The van der Waals surface area contributed by atoms with Gasteiger partial charge in [-0.05, 0) is 25.8 Å². The first kappa shape index (κ1) is 7.74. The summed E-state index contributed by atoms with van der Waals surface area (Å²) in [6, 6.07) is 4.08. The van der Waals surface area contributed by atoms with Gasteiger partial charge >= 0.3 is 0 Å². The standard InChI is InChI=1S/C10H13NO/c1-10(12-2)6-5-9-8(10)4-3-7-11-9/h3-4,7H,5-6H2,1-2H3. The van der Waals surface area contributed by atoms with Crippen LogP contribution < -0.4 is 0 Å². The molecule has 12 heavy (non-hydrogen) atoms. The van der Waals surface area contributed by atoms with Crippen molar-refractivity contribution in [3.05, 3.63) is 29.6 Å². The first-order chi connectivity index (χ1) is 5.76. The third kappa shape index (κ3) is 0.950. The molecular weight excluding hydrogens is 150 g/mol. The molecule has 2 rings (SSSR count). The SMILES string of the molecule is COC1(C)CCc2ncccc21. The van der Waals surface area contributed by atoms with E-state index in [1.54, 1.807) is 7.11 Å². The van der Waals surface area contributed by atoms with E-state index in [0.717, 1.165) is 12.8 Å². The summed E-state index contributed by atoms with van der Waals surface area (Å²) in [5.74, 6) is 0. The highest BCUT2D eigenvalue weighted by Crippen LogP contribution is 2.37. The zero-order valence-electron chi connectivity index (χ0n) is 7.50. The van der Waals surface area contributed by atoms with Gasteiger partial charge in [0.2, 0.25) is 0 Å². The fourth-order valence-corrected chi connectivity index (χ4v) is 1.82. The molecule has 0 spiro atoms. The molecule has 0 aliphatic heterocycles. The summed E-state index contributed by atoms with van der Waals surface area (Å²) in [7, 11) is 1.77. The van der Waals surface area contributed by atoms with Crippen LogP contribution in [0, 0.1) is 0 Å². The number of ether oxygens (including phenoxy) is 1. The average Bonchev–Trinajstić information content (AvgIpc) is 2.46. The lowest BCUT2D eigenvalue weighted by Crippen LogP contribution is -2.20. The third-order valence-electron chi connectivity index (χ3n) is 2.75. The molecule has 0 saturated carbocycles. The lowest BCUT2D eigenvalue weighted by Gasteiger charge is -2.22. The Labute approximate surface area is 72.6 Å². The number of aromatic nitrogens is 1. The Balaban J connectivity index is 2.49. The van der Waals surface area contributed by atoms with Crippen LogP contribution in [0.2, 0.25) is 0 Å². The van der Waals surface area contributed by atoms with Crippen molar-refractivity contribution in [3.8, 4) is 0 Å². The maximum atomic E-state index is 5.49. The molecule has 0 bridgehead atoms. The van der Waals surface area contributed by atoms with Gasteiger partial charge in [-0.2, -0.15) is 0 Å². The molecule has 0 N–H and O–H groups in total. The van der Waals surface area contributed by atoms with Crippen molar-refractivity contribution in [3.63, 3.8) is 0 Å². The number of rotatable bonds is 1. The second kappa shape index (κ2) is 2.56. The van der Waals surface area contributed by atoms with Crippen molar-refractivity contribution in [2.24, 2.45) is 0 Å². The molecule has 0 radical (unpaired) electrons. The zero-order chi connectivity index (χ0) is 8.60. The van der Waals surface area contributed by atoms with Gasteiger partial charge in [-0.25, -0.2) is 0 Å². The summed E-state index contributed by atoms with van der Waals surface area (Å²) in [5.41, 5.74) is 2.36. The molecule has 2 nitrogen and oxygen atoms in total. The van der Waals surface area contributed by atoms with Gasteiger partial charge in [0.25, 0.3) is 0 Å². The minimum Gasteiger partial charge on any atom is -0.374 e. The zero-order valence-corrected chi connectivity index (χ0v) is 7.50.